The van der Waals surface area contributed by atoms with Crippen LogP contribution in [0.3, 0.4) is 0 Å². The molecule has 1 fully saturated rings. The van der Waals surface area contributed by atoms with Gasteiger partial charge in [0.2, 0.25) is 5.91 Å². The summed E-state index contributed by atoms with van der Waals surface area (Å²) in [4.78, 5) is 23.2. The van der Waals surface area contributed by atoms with Gasteiger partial charge in [0.05, 0.1) is 31.0 Å². The summed E-state index contributed by atoms with van der Waals surface area (Å²) < 4.78 is 7.57. The van der Waals surface area contributed by atoms with Crippen molar-refractivity contribution in [2.75, 3.05) is 35.7 Å². The third-order valence-corrected chi connectivity index (χ3v) is 6.35. The van der Waals surface area contributed by atoms with Gasteiger partial charge in [-0.15, -0.1) is 0 Å². The standard InChI is InChI=1S/C25H24N6O3/c1-34-22-12-17(4-5-21(22)30-8-6-18(32)13-30)27-24-25-26-7-9-31(25)14-20(29-24)15-2-3-16-11-23(33)28-19(16)10-15/h2-5,7,9-10,12,14,18,32H,6,8,11,13H2,1H3,(H,27,29)(H,28,33)/t18-/m1/s1. The van der Waals surface area contributed by atoms with E-state index in [1.165, 1.54) is 0 Å². The van der Waals surface area contributed by atoms with Crippen LogP contribution in [0.1, 0.15) is 12.0 Å². The molecule has 2 aliphatic rings. The highest BCUT2D eigenvalue weighted by molar-refractivity contribution is 5.99. The fourth-order valence-electron chi connectivity index (χ4n) is 4.64. The third-order valence-electron chi connectivity index (χ3n) is 6.35. The van der Waals surface area contributed by atoms with Crippen molar-refractivity contribution in [3.8, 4) is 17.0 Å². The molecule has 2 aromatic carbocycles. The first-order chi connectivity index (χ1) is 16.6. The van der Waals surface area contributed by atoms with E-state index in [2.05, 4.69) is 20.5 Å². The Balaban J connectivity index is 1.35. The van der Waals surface area contributed by atoms with Crippen LogP contribution in [-0.2, 0) is 11.2 Å². The Labute approximate surface area is 196 Å². The number of β-amino-alcohol motifs (C(OH)–C–C–N with tert-alkyl or cyclic N) is 1. The number of fused-ring (bicyclic) bond motifs is 2. The molecular formula is C25H24N6O3. The summed E-state index contributed by atoms with van der Waals surface area (Å²) in [6.45, 7) is 1.40. The van der Waals surface area contributed by atoms with Crippen molar-refractivity contribution in [3.63, 3.8) is 0 Å². The first-order valence-electron chi connectivity index (χ1n) is 11.2. The van der Waals surface area contributed by atoms with E-state index in [1.54, 1.807) is 13.3 Å². The zero-order valence-electron chi connectivity index (χ0n) is 18.7. The number of carbonyl (C=O) groups is 1. The smallest absolute Gasteiger partial charge is 0.228 e. The number of nitrogens with one attached hydrogen (secondary N) is 2. The summed E-state index contributed by atoms with van der Waals surface area (Å²) >= 11 is 0. The van der Waals surface area contributed by atoms with Crippen molar-refractivity contribution in [1.82, 2.24) is 14.4 Å². The van der Waals surface area contributed by atoms with E-state index < -0.39 is 0 Å². The van der Waals surface area contributed by atoms with E-state index in [0.717, 1.165) is 52.6 Å². The van der Waals surface area contributed by atoms with Crippen LogP contribution < -0.4 is 20.3 Å². The molecule has 0 spiro atoms. The number of benzene rings is 2. The molecule has 3 N–H and O–H groups in total. The molecule has 1 atom stereocenters. The first-order valence-corrected chi connectivity index (χ1v) is 11.2. The summed E-state index contributed by atoms with van der Waals surface area (Å²) in [6.07, 6.45) is 6.39. The molecule has 0 unspecified atom stereocenters. The molecule has 0 radical (unpaired) electrons. The molecule has 0 aliphatic carbocycles. The predicted octanol–water partition coefficient (Wildman–Crippen LogP) is 3.21. The summed E-state index contributed by atoms with van der Waals surface area (Å²) in [7, 11) is 1.65. The molecule has 1 saturated heterocycles. The molecule has 4 aromatic rings. The van der Waals surface area contributed by atoms with Crippen molar-refractivity contribution in [3.05, 3.63) is 60.6 Å². The molecule has 4 heterocycles. The topological polar surface area (TPSA) is 104 Å². The van der Waals surface area contributed by atoms with Gasteiger partial charge in [-0.3, -0.25) is 4.79 Å². The normalized spacial score (nSPS) is 17.2. The molecular weight excluding hydrogens is 432 g/mol. The highest BCUT2D eigenvalue weighted by Gasteiger charge is 2.23. The Kier molecular flexibility index (Phi) is 4.84. The van der Waals surface area contributed by atoms with Crippen molar-refractivity contribution in [1.29, 1.82) is 0 Å². The van der Waals surface area contributed by atoms with Gasteiger partial charge in [0.15, 0.2) is 11.5 Å². The number of aliphatic hydroxyl groups is 1. The zero-order chi connectivity index (χ0) is 23.2. The van der Waals surface area contributed by atoms with Crippen molar-refractivity contribution in [2.24, 2.45) is 0 Å². The number of hydrogen-bond donors (Lipinski definition) is 3. The van der Waals surface area contributed by atoms with Gasteiger partial charge in [0.1, 0.15) is 5.75 Å². The second kappa shape index (κ2) is 8.03. The Morgan fingerprint density at radius 2 is 2.15 bits per heavy atom. The lowest BCUT2D eigenvalue weighted by molar-refractivity contribution is -0.115. The van der Waals surface area contributed by atoms with Crippen LogP contribution in [0.4, 0.5) is 22.9 Å². The van der Waals surface area contributed by atoms with Gasteiger partial charge in [-0.25, -0.2) is 9.97 Å². The second-order valence-corrected chi connectivity index (χ2v) is 8.63. The zero-order valence-corrected chi connectivity index (χ0v) is 18.7. The summed E-state index contributed by atoms with van der Waals surface area (Å²) in [5.74, 6) is 1.34. The number of imidazole rings is 1. The largest absolute Gasteiger partial charge is 0.495 e. The maximum atomic E-state index is 11.7. The highest BCUT2D eigenvalue weighted by Crippen LogP contribution is 2.35. The van der Waals surface area contributed by atoms with Gasteiger partial charge in [-0.2, -0.15) is 0 Å². The number of rotatable bonds is 5. The fourth-order valence-corrected chi connectivity index (χ4v) is 4.64. The molecule has 34 heavy (non-hydrogen) atoms. The Morgan fingerprint density at radius 3 is 2.97 bits per heavy atom. The van der Waals surface area contributed by atoms with Gasteiger partial charge < -0.3 is 29.8 Å². The lowest BCUT2D eigenvalue weighted by Gasteiger charge is -2.21. The van der Waals surface area contributed by atoms with Gasteiger partial charge in [-0.1, -0.05) is 12.1 Å². The number of aliphatic hydroxyl groups excluding tert-OH is 1. The minimum atomic E-state index is -0.310. The molecule has 1 amide bonds. The first kappa shape index (κ1) is 20.5. The molecule has 6 rings (SSSR count). The third kappa shape index (κ3) is 3.60. The molecule has 0 bridgehead atoms. The van der Waals surface area contributed by atoms with Gasteiger partial charge in [0, 0.05) is 54.7 Å². The summed E-state index contributed by atoms with van der Waals surface area (Å²) in [6, 6.07) is 11.8. The SMILES string of the molecule is COc1cc(Nc2nc(-c3ccc4c(c3)NC(=O)C4)cn3ccnc23)ccc1N1CC[C@@H](O)C1. The molecule has 172 valence electrons. The minimum Gasteiger partial charge on any atom is -0.495 e. The maximum absolute atomic E-state index is 11.7. The monoisotopic (exact) mass is 456 g/mol. The summed E-state index contributed by atoms with van der Waals surface area (Å²) in [5, 5.41) is 16.2. The minimum absolute atomic E-state index is 0.00774. The molecule has 9 heteroatoms. The maximum Gasteiger partial charge on any atom is 0.228 e. The van der Waals surface area contributed by atoms with Crippen molar-refractivity contribution >= 4 is 34.4 Å². The van der Waals surface area contributed by atoms with Crippen molar-refractivity contribution in [2.45, 2.75) is 18.9 Å². The van der Waals surface area contributed by atoms with E-state index in [9.17, 15) is 9.90 Å². The Morgan fingerprint density at radius 1 is 1.24 bits per heavy atom. The average molecular weight is 457 g/mol. The van der Waals surface area contributed by atoms with Crippen LogP contribution in [0.25, 0.3) is 16.9 Å². The van der Waals surface area contributed by atoms with E-state index in [4.69, 9.17) is 9.72 Å². The van der Waals surface area contributed by atoms with E-state index in [-0.39, 0.29) is 12.0 Å². The predicted molar refractivity (Wildman–Crippen MR) is 130 cm³/mol. The number of nitrogens with zero attached hydrogens (tertiary/aromatic N) is 4. The van der Waals surface area contributed by atoms with E-state index in [0.29, 0.717) is 24.4 Å². The van der Waals surface area contributed by atoms with Gasteiger partial charge in [0.25, 0.3) is 0 Å². The van der Waals surface area contributed by atoms with E-state index in [1.807, 2.05) is 53.2 Å². The number of ether oxygens (including phenoxy) is 1. The number of hydrogen-bond acceptors (Lipinski definition) is 7. The van der Waals surface area contributed by atoms with Gasteiger partial charge in [-0.05, 0) is 30.2 Å². The molecule has 2 aliphatic heterocycles. The van der Waals surface area contributed by atoms with Gasteiger partial charge >= 0.3 is 0 Å². The van der Waals surface area contributed by atoms with Crippen LogP contribution >= 0.6 is 0 Å². The van der Waals surface area contributed by atoms with Crippen LogP contribution in [0.5, 0.6) is 5.75 Å². The molecule has 2 aromatic heterocycles. The molecule has 9 nitrogen and oxygen atoms in total. The van der Waals surface area contributed by atoms with Crippen LogP contribution in [0, 0.1) is 0 Å². The summed E-state index contributed by atoms with van der Waals surface area (Å²) in [5.41, 5.74) is 5.95. The van der Waals surface area contributed by atoms with E-state index >= 15 is 0 Å². The second-order valence-electron chi connectivity index (χ2n) is 8.63. The number of anilines is 4. The quantitative estimate of drug-likeness (QED) is 0.424. The van der Waals surface area contributed by atoms with Crippen LogP contribution in [0.15, 0.2) is 55.0 Å². The van der Waals surface area contributed by atoms with Crippen LogP contribution in [-0.4, -0.2) is 51.7 Å². The lowest BCUT2D eigenvalue weighted by atomic mass is 10.1. The Bertz CT molecular complexity index is 1420. The number of carbonyl (C=O) groups excluding carboxylic acids is 1. The number of aromatic nitrogens is 3. The Hall–Kier alpha value is -4.11. The number of amides is 1. The lowest BCUT2D eigenvalue weighted by Crippen LogP contribution is -2.21. The number of methoxy groups -OCH3 is 1. The molecule has 0 saturated carbocycles. The fraction of sp³-hybridized carbons (Fsp3) is 0.240. The van der Waals surface area contributed by atoms with Crippen LogP contribution in [0.2, 0.25) is 0 Å². The highest BCUT2D eigenvalue weighted by atomic mass is 16.5. The average Bonchev–Trinajstić information content (AvgIpc) is 3.57. The van der Waals surface area contributed by atoms with Crippen molar-refractivity contribution < 1.29 is 14.6 Å².